The SMILES string of the molecule is COc1ccc2c(c1)[C@@H]1C[C@@]3(C2)C(=O)N(C)[C@H](C)C[C@@H]3CC1=O. The third kappa shape index (κ3) is 1.90. The Hall–Kier alpha value is -1.84. The predicted octanol–water partition coefficient (Wildman–Crippen LogP) is 2.55. The molecule has 122 valence electrons. The second kappa shape index (κ2) is 4.83. The highest BCUT2D eigenvalue weighted by atomic mass is 16.5. The quantitative estimate of drug-likeness (QED) is 0.800. The molecule has 4 atom stereocenters. The first-order valence-corrected chi connectivity index (χ1v) is 8.43. The highest BCUT2D eigenvalue weighted by Gasteiger charge is 2.58. The van der Waals surface area contributed by atoms with E-state index in [2.05, 4.69) is 6.92 Å². The molecular weight excluding hydrogens is 290 g/mol. The van der Waals surface area contributed by atoms with Gasteiger partial charge in [-0.05, 0) is 55.4 Å². The summed E-state index contributed by atoms with van der Waals surface area (Å²) in [5.41, 5.74) is 1.85. The Morgan fingerprint density at radius 3 is 2.83 bits per heavy atom. The molecule has 2 aliphatic carbocycles. The van der Waals surface area contributed by atoms with Crippen molar-refractivity contribution < 1.29 is 14.3 Å². The monoisotopic (exact) mass is 313 g/mol. The molecule has 4 nitrogen and oxygen atoms in total. The summed E-state index contributed by atoms with van der Waals surface area (Å²) in [6.45, 7) is 2.09. The Labute approximate surface area is 136 Å². The van der Waals surface area contributed by atoms with Crippen LogP contribution in [0.1, 0.15) is 43.2 Å². The summed E-state index contributed by atoms with van der Waals surface area (Å²) in [6.07, 6.45) is 2.92. The van der Waals surface area contributed by atoms with Gasteiger partial charge in [0.15, 0.2) is 0 Å². The second-order valence-corrected chi connectivity index (χ2v) is 7.52. The number of ketones is 1. The summed E-state index contributed by atoms with van der Waals surface area (Å²) in [5, 5.41) is 0. The fraction of sp³-hybridized carbons (Fsp3) is 0.579. The molecule has 1 saturated heterocycles. The van der Waals surface area contributed by atoms with E-state index in [0.717, 1.165) is 29.7 Å². The van der Waals surface area contributed by atoms with Crippen LogP contribution in [0.15, 0.2) is 18.2 Å². The first-order chi connectivity index (χ1) is 11.0. The van der Waals surface area contributed by atoms with E-state index in [0.29, 0.717) is 18.6 Å². The van der Waals surface area contributed by atoms with E-state index >= 15 is 0 Å². The molecule has 0 unspecified atom stereocenters. The molecule has 2 bridgehead atoms. The number of likely N-dealkylation sites (tertiary alicyclic amines) is 1. The lowest BCUT2D eigenvalue weighted by Crippen LogP contribution is -2.60. The summed E-state index contributed by atoms with van der Waals surface area (Å²) in [7, 11) is 3.55. The zero-order valence-corrected chi connectivity index (χ0v) is 14.0. The fourth-order valence-electron chi connectivity index (χ4n) is 5.02. The zero-order valence-electron chi connectivity index (χ0n) is 14.0. The Morgan fingerprint density at radius 2 is 2.09 bits per heavy atom. The average molecular weight is 313 g/mol. The highest BCUT2D eigenvalue weighted by Crippen LogP contribution is 2.57. The minimum absolute atomic E-state index is 0.143. The molecule has 0 radical (unpaired) electrons. The van der Waals surface area contributed by atoms with Crippen LogP contribution in [0, 0.1) is 11.3 Å². The van der Waals surface area contributed by atoms with Gasteiger partial charge in [0.25, 0.3) is 0 Å². The number of fused-ring (bicyclic) bond motifs is 3. The summed E-state index contributed by atoms with van der Waals surface area (Å²) in [6, 6.07) is 6.20. The number of hydrogen-bond acceptors (Lipinski definition) is 3. The molecule has 1 spiro atoms. The maximum absolute atomic E-state index is 13.1. The number of ether oxygens (including phenoxy) is 1. The van der Waals surface area contributed by atoms with Crippen LogP contribution in [-0.2, 0) is 16.0 Å². The van der Waals surface area contributed by atoms with Gasteiger partial charge in [-0.25, -0.2) is 0 Å². The van der Waals surface area contributed by atoms with E-state index in [4.69, 9.17) is 4.74 Å². The maximum atomic E-state index is 13.1. The van der Waals surface area contributed by atoms with Gasteiger partial charge in [-0.2, -0.15) is 0 Å². The number of amides is 1. The molecule has 3 aliphatic rings. The van der Waals surface area contributed by atoms with Crippen molar-refractivity contribution >= 4 is 11.7 Å². The Kier molecular flexibility index (Phi) is 3.09. The number of Topliss-reactive ketones (excluding diaryl/α,β-unsaturated/α-hetero) is 1. The van der Waals surface area contributed by atoms with Crippen LogP contribution in [0.3, 0.4) is 0 Å². The number of methoxy groups -OCH3 is 1. The van der Waals surface area contributed by atoms with Crippen molar-refractivity contribution in [3.8, 4) is 5.75 Å². The standard InChI is InChI=1S/C19H23NO3/c1-11-6-13-7-17(21)16-10-19(13,18(22)20(11)2)9-12-4-5-14(23-3)8-15(12)16/h4-5,8,11,13,16H,6-7,9-10H2,1-3H3/t11-,13-,16+,19-/m1/s1. The molecule has 4 heteroatoms. The normalized spacial score (nSPS) is 35.6. The van der Waals surface area contributed by atoms with Crippen molar-refractivity contribution in [2.45, 2.75) is 44.6 Å². The van der Waals surface area contributed by atoms with E-state index in [9.17, 15) is 9.59 Å². The summed E-state index contributed by atoms with van der Waals surface area (Å²) < 4.78 is 5.32. The van der Waals surface area contributed by atoms with E-state index in [1.54, 1.807) is 7.11 Å². The van der Waals surface area contributed by atoms with Crippen molar-refractivity contribution in [3.63, 3.8) is 0 Å². The minimum Gasteiger partial charge on any atom is -0.497 e. The Morgan fingerprint density at radius 1 is 1.30 bits per heavy atom. The number of carbonyl (C=O) groups excluding carboxylic acids is 2. The van der Waals surface area contributed by atoms with Crippen LogP contribution < -0.4 is 4.74 Å². The molecule has 23 heavy (non-hydrogen) atoms. The first-order valence-electron chi connectivity index (χ1n) is 8.43. The van der Waals surface area contributed by atoms with Crippen molar-refractivity contribution in [1.82, 2.24) is 4.90 Å². The molecule has 2 fully saturated rings. The van der Waals surface area contributed by atoms with Gasteiger partial charge in [0, 0.05) is 25.4 Å². The second-order valence-electron chi connectivity index (χ2n) is 7.52. The topological polar surface area (TPSA) is 46.6 Å². The van der Waals surface area contributed by atoms with Crippen LogP contribution in [0.4, 0.5) is 0 Å². The predicted molar refractivity (Wildman–Crippen MR) is 86.5 cm³/mol. The van der Waals surface area contributed by atoms with Crippen molar-refractivity contribution in [2.75, 3.05) is 14.2 Å². The maximum Gasteiger partial charge on any atom is 0.229 e. The lowest BCUT2D eigenvalue weighted by molar-refractivity contribution is -0.160. The van der Waals surface area contributed by atoms with Gasteiger partial charge in [0.2, 0.25) is 5.91 Å². The number of carbonyl (C=O) groups is 2. The molecule has 1 heterocycles. The van der Waals surface area contributed by atoms with Crippen LogP contribution in [0.5, 0.6) is 5.75 Å². The molecule has 1 aromatic carbocycles. The number of rotatable bonds is 1. The first kappa shape index (κ1) is 14.7. The van der Waals surface area contributed by atoms with Gasteiger partial charge in [0.1, 0.15) is 11.5 Å². The third-order valence-electron chi connectivity index (χ3n) is 6.45. The van der Waals surface area contributed by atoms with Gasteiger partial charge >= 0.3 is 0 Å². The summed E-state index contributed by atoms with van der Waals surface area (Å²) in [4.78, 5) is 27.8. The largest absolute Gasteiger partial charge is 0.497 e. The van der Waals surface area contributed by atoms with Gasteiger partial charge in [-0.1, -0.05) is 6.07 Å². The Bertz CT molecular complexity index is 698. The highest BCUT2D eigenvalue weighted by molar-refractivity contribution is 5.94. The molecule has 1 aromatic rings. The van der Waals surface area contributed by atoms with E-state index in [-0.39, 0.29) is 29.2 Å². The molecular formula is C19H23NO3. The van der Waals surface area contributed by atoms with Crippen molar-refractivity contribution in [3.05, 3.63) is 29.3 Å². The molecule has 0 aromatic heterocycles. The van der Waals surface area contributed by atoms with Crippen LogP contribution in [0.2, 0.25) is 0 Å². The summed E-state index contributed by atoms with van der Waals surface area (Å²) >= 11 is 0. The molecule has 1 aliphatic heterocycles. The van der Waals surface area contributed by atoms with Gasteiger partial charge in [-0.15, -0.1) is 0 Å². The molecule has 4 rings (SSSR count). The fourth-order valence-corrected chi connectivity index (χ4v) is 5.02. The van der Waals surface area contributed by atoms with Crippen LogP contribution >= 0.6 is 0 Å². The van der Waals surface area contributed by atoms with E-state index < -0.39 is 0 Å². The number of piperidine rings is 1. The van der Waals surface area contributed by atoms with Gasteiger partial charge in [-0.3, -0.25) is 9.59 Å². The lowest BCUT2D eigenvalue weighted by Gasteiger charge is -2.55. The van der Waals surface area contributed by atoms with Crippen LogP contribution in [0.25, 0.3) is 0 Å². The third-order valence-corrected chi connectivity index (χ3v) is 6.45. The van der Waals surface area contributed by atoms with E-state index in [1.807, 2.05) is 30.1 Å². The van der Waals surface area contributed by atoms with Gasteiger partial charge < -0.3 is 9.64 Å². The zero-order chi connectivity index (χ0) is 16.4. The smallest absolute Gasteiger partial charge is 0.229 e. The number of nitrogens with zero attached hydrogens (tertiary/aromatic N) is 1. The average Bonchev–Trinajstić information content (AvgIpc) is 2.56. The van der Waals surface area contributed by atoms with Gasteiger partial charge in [0.05, 0.1) is 12.5 Å². The lowest BCUT2D eigenvalue weighted by atomic mass is 9.52. The molecule has 1 saturated carbocycles. The Balaban J connectivity index is 1.83. The molecule has 1 amide bonds. The minimum atomic E-state index is -0.374. The van der Waals surface area contributed by atoms with E-state index in [1.165, 1.54) is 0 Å². The van der Waals surface area contributed by atoms with Crippen molar-refractivity contribution in [1.29, 1.82) is 0 Å². The number of hydrogen-bond donors (Lipinski definition) is 0. The van der Waals surface area contributed by atoms with Crippen LogP contribution in [-0.4, -0.2) is 36.8 Å². The molecule has 0 N–H and O–H groups in total. The number of benzene rings is 1. The summed E-state index contributed by atoms with van der Waals surface area (Å²) in [5.74, 6) is 1.37. The van der Waals surface area contributed by atoms with Crippen molar-refractivity contribution in [2.24, 2.45) is 11.3 Å².